The molecule has 2 aliphatic carbocycles. The van der Waals surface area contributed by atoms with E-state index in [0.29, 0.717) is 17.8 Å². The van der Waals surface area contributed by atoms with Crippen molar-refractivity contribution in [2.24, 2.45) is 11.8 Å². The zero-order valence-corrected chi connectivity index (χ0v) is 16.2. The van der Waals surface area contributed by atoms with Gasteiger partial charge in [0.15, 0.2) is 0 Å². The molecule has 2 aromatic rings. The van der Waals surface area contributed by atoms with Gasteiger partial charge in [-0.05, 0) is 94.0 Å². The summed E-state index contributed by atoms with van der Waals surface area (Å²) in [6.45, 7) is 5.85. The number of carbonyl (C=O) groups excluding carboxylic acids is 1. The maximum atomic E-state index is 13.7. The summed E-state index contributed by atoms with van der Waals surface area (Å²) >= 11 is 0. The van der Waals surface area contributed by atoms with Gasteiger partial charge >= 0.3 is 6.09 Å². The molecule has 0 saturated heterocycles. The van der Waals surface area contributed by atoms with Crippen LogP contribution in [0, 0.1) is 17.7 Å². The number of hydrogen-bond donors (Lipinski definition) is 1. The van der Waals surface area contributed by atoms with Crippen molar-refractivity contribution < 1.29 is 13.9 Å². The number of pyridine rings is 1. The fourth-order valence-electron chi connectivity index (χ4n) is 4.89. The fourth-order valence-corrected chi connectivity index (χ4v) is 4.89. The Hall–Kier alpha value is -2.17. The fraction of sp³-hybridized carbons (Fsp3) is 0.545. The van der Waals surface area contributed by atoms with E-state index in [9.17, 15) is 9.18 Å². The van der Waals surface area contributed by atoms with Gasteiger partial charge in [0, 0.05) is 17.1 Å². The van der Waals surface area contributed by atoms with Gasteiger partial charge in [0.05, 0.1) is 5.52 Å². The summed E-state index contributed by atoms with van der Waals surface area (Å²) in [6, 6.07) is 6.86. The lowest BCUT2D eigenvalue weighted by molar-refractivity contribution is 0.0896. The lowest BCUT2D eigenvalue weighted by atomic mass is 9.92. The Labute approximate surface area is 159 Å². The topological polar surface area (TPSA) is 51.2 Å². The molecule has 1 heterocycles. The molecule has 2 unspecified atom stereocenters. The van der Waals surface area contributed by atoms with E-state index in [2.05, 4.69) is 10.3 Å². The number of hydrogen-bond acceptors (Lipinski definition) is 3. The predicted molar refractivity (Wildman–Crippen MR) is 103 cm³/mol. The minimum absolute atomic E-state index is 0.00919. The molecule has 4 atom stereocenters. The second-order valence-corrected chi connectivity index (χ2v) is 9.12. The third-order valence-corrected chi connectivity index (χ3v) is 5.90. The zero-order chi connectivity index (χ0) is 19.2. The molecular formula is C22H27FN2O2. The average Bonchev–Trinajstić information content (AvgIpc) is 3.10. The van der Waals surface area contributed by atoms with E-state index in [1.807, 2.05) is 33.0 Å². The van der Waals surface area contributed by atoms with Crippen molar-refractivity contribution >= 4 is 17.0 Å². The van der Waals surface area contributed by atoms with Gasteiger partial charge in [0.25, 0.3) is 0 Å². The Morgan fingerprint density at radius 3 is 2.52 bits per heavy atom. The number of amides is 1. The van der Waals surface area contributed by atoms with Crippen LogP contribution < -0.4 is 5.32 Å². The summed E-state index contributed by atoms with van der Waals surface area (Å²) in [4.78, 5) is 16.4. The molecule has 4 nitrogen and oxygen atoms in total. The smallest absolute Gasteiger partial charge is 0.407 e. The van der Waals surface area contributed by atoms with Gasteiger partial charge in [-0.25, -0.2) is 9.18 Å². The lowest BCUT2D eigenvalue weighted by Crippen LogP contribution is -2.42. The van der Waals surface area contributed by atoms with Crippen LogP contribution in [0.2, 0.25) is 0 Å². The zero-order valence-electron chi connectivity index (χ0n) is 16.2. The number of benzene rings is 1. The van der Waals surface area contributed by atoms with Crippen molar-refractivity contribution in [1.82, 2.24) is 10.3 Å². The Morgan fingerprint density at radius 2 is 1.85 bits per heavy atom. The minimum Gasteiger partial charge on any atom is -0.446 e. The van der Waals surface area contributed by atoms with Gasteiger partial charge in [-0.1, -0.05) is 0 Å². The first-order chi connectivity index (χ1) is 12.8. The SMILES string of the molecule is CC(C)(C)NC(=O)OC1C[C@@H]2CC(c3ccnc4ccc(F)cc34)C[C@@H]2C1. The summed E-state index contributed by atoms with van der Waals surface area (Å²) in [5.74, 6) is 1.35. The molecule has 27 heavy (non-hydrogen) atoms. The van der Waals surface area contributed by atoms with Crippen LogP contribution in [0.3, 0.4) is 0 Å². The number of carbonyl (C=O) groups is 1. The second-order valence-electron chi connectivity index (χ2n) is 9.12. The molecule has 5 heteroatoms. The second kappa shape index (κ2) is 6.77. The predicted octanol–water partition coefficient (Wildman–Crippen LogP) is 5.17. The van der Waals surface area contributed by atoms with E-state index in [-0.39, 0.29) is 23.6 Å². The number of fused-ring (bicyclic) bond motifs is 2. The molecule has 4 rings (SSSR count). The van der Waals surface area contributed by atoms with Crippen molar-refractivity contribution in [3.63, 3.8) is 0 Å². The molecule has 2 fully saturated rings. The number of alkyl carbamates (subject to hydrolysis) is 1. The van der Waals surface area contributed by atoms with Crippen molar-refractivity contribution in [1.29, 1.82) is 0 Å². The highest BCUT2D eigenvalue weighted by Gasteiger charge is 2.43. The molecule has 1 aromatic heterocycles. The van der Waals surface area contributed by atoms with E-state index in [4.69, 9.17) is 4.74 Å². The van der Waals surface area contributed by atoms with Gasteiger partial charge in [-0.15, -0.1) is 0 Å². The molecule has 0 spiro atoms. The summed E-state index contributed by atoms with van der Waals surface area (Å²) in [6.07, 6.45) is 5.51. The van der Waals surface area contributed by atoms with E-state index in [1.165, 1.54) is 11.6 Å². The van der Waals surface area contributed by atoms with Crippen LogP contribution in [0.1, 0.15) is 57.9 Å². The highest BCUT2D eigenvalue weighted by atomic mass is 19.1. The Balaban J connectivity index is 1.42. The highest BCUT2D eigenvalue weighted by Crippen LogP contribution is 2.52. The standard InChI is InChI=1S/C22H27FN2O2/c1-22(2,3)25-21(26)27-17-10-13-8-15(9-14(13)11-17)18-6-7-24-20-5-4-16(23)12-19(18)20/h4-7,12-15,17H,8-11H2,1-3H3,(H,25,26)/t13-,14+,15?,17?. The van der Waals surface area contributed by atoms with E-state index < -0.39 is 0 Å². The van der Waals surface area contributed by atoms with Crippen LogP contribution in [-0.4, -0.2) is 22.7 Å². The van der Waals surface area contributed by atoms with Crippen molar-refractivity contribution in [2.75, 3.05) is 0 Å². The first kappa shape index (κ1) is 18.2. The first-order valence-electron chi connectivity index (χ1n) is 9.81. The number of ether oxygens (including phenoxy) is 1. The molecule has 0 radical (unpaired) electrons. The van der Waals surface area contributed by atoms with Gasteiger partial charge < -0.3 is 10.1 Å². The molecule has 0 aliphatic heterocycles. The quantitative estimate of drug-likeness (QED) is 0.793. The summed E-state index contributed by atoms with van der Waals surface area (Å²) in [5, 5.41) is 3.80. The first-order valence-corrected chi connectivity index (χ1v) is 9.81. The summed E-state index contributed by atoms with van der Waals surface area (Å²) in [5.41, 5.74) is 1.77. The highest BCUT2D eigenvalue weighted by molar-refractivity contribution is 5.82. The van der Waals surface area contributed by atoms with E-state index in [1.54, 1.807) is 12.1 Å². The largest absolute Gasteiger partial charge is 0.446 e. The number of halogens is 1. The molecule has 2 aliphatic rings. The number of nitrogens with zero attached hydrogens (tertiary/aromatic N) is 1. The Bertz CT molecular complexity index is 847. The van der Waals surface area contributed by atoms with E-state index >= 15 is 0 Å². The molecule has 1 aromatic carbocycles. The van der Waals surface area contributed by atoms with Crippen LogP contribution >= 0.6 is 0 Å². The third kappa shape index (κ3) is 3.92. The molecule has 1 amide bonds. The van der Waals surface area contributed by atoms with Crippen LogP contribution in [-0.2, 0) is 4.74 Å². The van der Waals surface area contributed by atoms with Gasteiger partial charge in [0.2, 0.25) is 0 Å². The molecule has 0 bridgehead atoms. The molecule has 144 valence electrons. The van der Waals surface area contributed by atoms with Crippen molar-refractivity contribution in [3.05, 3.63) is 41.8 Å². The van der Waals surface area contributed by atoms with Crippen LogP contribution in [0.25, 0.3) is 10.9 Å². The van der Waals surface area contributed by atoms with Crippen LogP contribution in [0.15, 0.2) is 30.5 Å². The van der Waals surface area contributed by atoms with Gasteiger partial charge in [-0.3, -0.25) is 4.98 Å². The summed E-state index contributed by atoms with van der Waals surface area (Å²) < 4.78 is 19.4. The average molecular weight is 370 g/mol. The van der Waals surface area contributed by atoms with Gasteiger partial charge in [-0.2, -0.15) is 0 Å². The van der Waals surface area contributed by atoms with Crippen LogP contribution in [0.4, 0.5) is 9.18 Å². The number of nitrogens with one attached hydrogen (secondary N) is 1. The molecular weight excluding hydrogens is 343 g/mol. The Kier molecular flexibility index (Phi) is 4.57. The van der Waals surface area contributed by atoms with Gasteiger partial charge in [0.1, 0.15) is 11.9 Å². The van der Waals surface area contributed by atoms with E-state index in [0.717, 1.165) is 36.6 Å². The number of rotatable bonds is 2. The third-order valence-electron chi connectivity index (χ3n) is 5.90. The summed E-state index contributed by atoms with van der Waals surface area (Å²) in [7, 11) is 0. The number of aromatic nitrogens is 1. The molecule has 2 saturated carbocycles. The monoisotopic (exact) mass is 370 g/mol. The van der Waals surface area contributed by atoms with Crippen LogP contribution in [0.5, 0.6) is 0 Å². The maximum Gasteiger partial charge on any atom is 0.407 e. The van der Waals surface area contributed by atoms with Crippen molar-refractivity contribution in [3.8, 4) is 0 Å². The maximum absolute atomic E-state index is 13.7. The normalized spacial score (nSPS) is 27.6. The van der Waals surface area contributed by atoms with Crippen molar-refractivity contribution in [2.45, 2.75) is 64.0 Å². The molecule has 1 N–H and O–H groups in total. The Morgan fingerprint density at radius 1 is 1.15 bits per heavy atom. The minimum atomic E-state index is -0.320. The lowest BCUT2D eigenvalue weighted by Gasteiger charge is -2.22.